The molecule has 0 atom stereocenters. The molecule has 2 saturated carbocycles. The van der Waals surface area contributed by atoms with Crippen LogP contribution in [0.2, 0.25) is 0 Å². The summed E-state index contributed by atoms with van der Waals surface area (Å²) in [6.07, 6.45) is 5.70. The van der Waals surface area contributed by atoms with Crippen LogP contribution in [-0.2, 0) is 4.74 Å². The molecule has 3 aliphatic rings. The van der Waals surface area contributed by atoms with E-state index in [2.05, 4.69) is 27.4 Å². The van der Waals surface area contributed by atoms with Crippen molar-refractivity contribution >= 4 is 29.9 Å². The largest absolute Gasteiger partial charge is 0.379 e. The molecule has 0 radical (unpaired) electrons. The van der Waals surface area contributed by atoms with E-state index in [1.165, 1.54) is 32.2 Å². The molecule has 2 N–H and O–H groups in total. The highest BCUT2D eigenvalue weighted by Gasteiger charge is 2.33. The Kier molecular flexibility index (Phi) is 9.80. The molecule has 2 aliphatic carbocycles. The van der Waals surface area contributed by atoms with E-state index in [1.54, 1.807) is 0 Å². The Bertz CT molecular complexity index is 395. The molecule has 0 aromatic rings. The number of rotatable bonds is 10. The van der Waals surface area contributed by atoms with Crippen molar-refractivity contribution in [3.8, 4) is 0 Å². The summed E-state index contributed by atoms with van der Waals surface area (Å²) in [6.45, 7) is 12.2. The average Bonchev–Trinajstić information content (AvgIpc) is 3.48. The van der Waals surface area contributed by atoms with Crippen LogP contribution in [0.5, 0.6) is 0 Å². The minimum absolute atomic E-state index is 0. The molecule has 25 heavy (non-hydrogen) atoms. The Labute approximate surface area is 170 Å². The van der Waals surface area contributed by atoms with Gasteiger partial charge in [-0.2, -0.15) is 0 Å². The number of halogens is 1. The van der Waals surface area contributed by atoms with Gasteiger partial charge in [0.05, 0.1) is 19.8 Å². The molecule has 3 rings (SSSR count). The Morgan fingerprint density at radius 3 is 2.56 bits per heavy atom. The van der Waals surface area contributed by atoms with E-state index in [-0.39, 0.29) is 24.0 Å². The molecule has 0 bridgehead atoms. The lowest BCUT2D eigenvalue weighted by Crippen LogP contribution is -2.43. The fraction of sp³-hybridized carbons (Fsp3) is 0.944. The summed E-state index contributed by atoms with van der Waals surface area (Å²) < 4.78 is 5.39. The van der Waals surface area contributed by atoms with Crippen LogP contribution in [0.15, 0.2) is 4.99 Å². The lowest BCUT2D eigenvalue weighted by molar-refractivity contribution is 0.0394. The van der Waals surface area contributed by atoms with Crippen LogP contribution in [-0.4, -0.2) is 87.4 Å². The SMILES string of the molecule is CCNC(=NCCN1CCOCC1)NCCN(CC1CC1)C1CC1.I. The molecule has 146 valence electrons. The molecule has 1 saturated heterocycles. The molecular formula is C18H36IN5O. The average molecular weight is 465 g/mol. The van der Waals surface area contributed by atoms with E-state index in [9.17, 15) is 0 Å². The normalized spacial score (nSPS) is 21.9. The smallest absolute Gasteiger partial charge is 0.191 e. The lowest BCUT2D eigenvalue weighted by Gasteiger charge is -2.26. The van der Waals surface area contributed by atoms with E-state index in [0.29, 0.717) is 0 Å². The third kappa shape index (κ3) is 8.41. The molecular weight excluding hydrogens is 429 g/mol. The van der Waals surface area contributed by atoms with Gasteiger partial charge in [0.15, 0.2) is 5.96 Å². The van der Waals surface area contributed by atoms with E-state index in [1.807, 2.05) is 0 Å². The lowest BCUT2D eigenvalue weighted by atomic mass is 10.3. The number of aliphatic imine (C=N–C) groups is 1. The van der Waals surface area contributed by atoms with Gasteiger partial charge in [0.1, 0.15) is 0 Å². The van der Waals surface area contributed by atoms with Crippen LogP contribution in [0.3, 0.4) is 0 Å². The topological polar surface area (TPSA) is 52.1 Å². The van der Waals surface area contributed by atoms with Gasteiger partial charge in [-0.05, 0) is 38.5 Å². The van der Waals surface area contributed by atoms with Crippen LogP contribution >= 0.6 is 24.0 Å². The molecule has 0 aromatic heterocycles. The molecule has 3 fully saturated rings. The minimum Gasteiger partial charge on any atom is -0.379 e. The Balaban J connectivity index is 0.00000225. The van der Waals surface area contributed by atoms with E-state index in [4.69, 9.17) is 9.73 Å². The Hall–Kier alpha value is -0.120. The number of nitrogens with one attached hydrogen (secondary N) is 2. The first kappa shape index (κ1) is 21.2. The molecule has 0 aromatic carbocycles. The molecule has 0 unspecified atom stereocenters. The molecule has 1 aliphatic heterocycles. The molecule has 0 amide bonds. The number of ether oxygens (including phenoxy) is 1. The fourth-order valence-corrected chi connectivity index (χ4v) is 3.28. The summed E-state index contributed by atoms with van der Waals surface area (Å²) in [5.74, 6) is 1.95. The van der Waals surface area contributed by atoms with Crippen LogP contribution in [0, 0.1) is 5.92 Å². The predicted molar refractivity (Wildman–Crippen MR) is 114 cm³/mol. The third-order valence-corrected chi connectivity index (χ3v) is 5.08. The molecule has 1 heterocycles. The van der Waals surface area contributed by atoms with Gasteiger partial charge >= 0.3 is 0 Å². The maximum Gasteiger partial charge on any atom is 0.191 e. The van der Waals surface area contributed by atoms with Crippen molar-refractivity contribution in [1.82, 2.24) is 20.4 Å². The van der Waals surface area contributed by atoms with E-state index < -0.39 is 0 Å². The van der Waals surface area contributed by atoms with E-state index >= 15 is 0 Å². The van der Waals surface area contributed by atoms with Gasteiger partial charge in [-0.1, -0.05) is 0 Å². The number of hydrogen-bond donors (Lipinski definition) is 2. The summed E-state index contributed by atoms with van der Waals surface area (Å²) in [6, 6.07) is 0.869. The van der Waals surface area contributed by atoms with Crippen molar-refractivity contribution in [1.29, 1.82) is 0 Å². The monoisotopic (exact) mass is 465 g/mol. The number of nitrogens with zero attached hydrogens (tertiary/aromatic N) is 3. The van der Waals surface area contributed by atoms with Crippen molar-refractivity contribution in [2.24, 2.45) is 10.9 Å². The number of morpholine rings is 1. The Morgan fingerprint density at radius 2 is 1.92 bits per heavy atom. The summed E-state index contributed by atoms with van der Waals surface area (Å²) in [5, 5.41) is 6.89. The summed E-state index contributed by atoms with van der Waals surface area (Å²) in [5.41, 5.74) is 0. The summed E-state index contributed by atoms with van der Waals surface area (Å²) >= 11 is 0. The van der Waals surface area contributed by atoms with Crippen molar-refractivity contribution in [3.05, 3.63) is 0 Å². The van der Waals surface area contributed by atoms with Crippen molar-refractivity contribution < 1.29 is 4.74 Å². The number of hydrogen-bond acceptors (Lipinski definition) is 4. The van der Waals surface area contributed by atoms with Gasteiger partial charge in [-0.3, -0.25) is 14.8 Å². The second kappa shape index (κ2) is 11.6. The second-order valence-corrected chi connectivity index (χ2v) is 7.31. The zero-order valence-corrected chi connectivity index (χ0v) is 18.0. The molecule has 6 nitrogen and oxygen atoms in total. The standard InChI is InChI=1S/C18H35N5O.HI/c1-2-19-18(20-7-9-22-11-13-24-14-12-22)21-8-10-23(17-5-6-17)15-16-3-4-16;/h16-17H,2-15H2,1H3,(H2,19,20,21);1H. The second-order valence-electron chi connectivity index (χ2n) is 7.31. The van der Waals surface area contributed by atoms with Crippen molar-refractivity contribution in [3.63, 3.8) is 0 Å². The van der Waals surface area contributed by atoms with Crippen molar-refractivity contribution in [2.45, 2.75) is 38.6 Å². The Morgan fingerprint density at radius 1 is 1.16 bits per heavy atom. The quantitative estimate of drug-likeness (QED) is 0.290. The maximum absolute atomic E-state index is 5.39. The number of guanidine groups is 1. The highest BCUT2D eigenvalue weighted by atomic mass is 127. The highest BCUT2D eigenvalue weighted by Crippen LogP contribution is 2.34. The first-order chi connectivity index (χ1) is 11.8. The minimum atomic E-state index is 0. The van der Waals surface area contributed by atoms with Crippen LogP contribution in [0.25, 0.3) is 0 Å². The zero-order valence-electron chi connectivity index (χ0n) is 15.7. The zero-order chi connectivity index (χ0) is 16.6. The maximum atomic E-state index is 5.39. The fourth-order valence-electron chi connectivity index (χ4n) is 3.28. The highest BCUT2D eigenvalue weighted by molar-refractivity contribution is 14.0. The van der Waals surface area contributed by atoms with Gasteiger partial charge in [0.2, 0.25) is 0 Å². The van der Waals surface area contributed by atoms with Crippen LogP contribution in [0.1, 0.15) is 32.6 Å². The summed E-state index contributed by atoms with van der Waals surface area (Å²) in [7, 11) is 0. The van der Waals surface area contributed by atoms with Gasteiger partial charge in [-0.25, -0.2) is 0 Å². The van der Waals surface area contributed by atoms with Gasteiger partial charge < -0.3 is 15.4 Å². The van der Waals surface area contributed by atoms with Crippen molar-refractivity contribution in [2.75, 3.05) is 65.6 Å². The van der Waals surface area contributed by atoms with Crippen LogP contribution in [0.4, 0.5) is 0 Å². The third-order valence-electron chi connectivity index (χ3n) is 5.08. The van der Waals surface area contributed by atoms with Crippen LogP contribution < -0.4 is 10.6 Å². The van der Waals surface area contributed by atoms with Gasteiger partial charge in [0, 0.05) is 51.9 Å². The predicted octanol–water partition coefficient (Wildman–Crippen LogP) is 1.37. The van der Waals surface area contributed by atoms with E-state index in [0.717, 1.165) is 76.9 Å². The molecule has 7 heteroatoms. The summed E-state index contributed by atoms with van der Waals surface area (Å²) in [4.78, 5) is 9.86. The van der Waals surface area contributed by atoms with Gasteiger partial charge in [-0.15, -0.1) is 24.0 Å². The molecule has 0 spiro atoms. The first-order valence-corrected chi connectivity index (χ1v) is 9.91. The van der Waals surface area contributed by atoms with Gasteiger partial charge in [0.25, 0.3) is 0 Å². The first-order valence-electron chi connectivity index (χ1n) is 9.91.